The molecular weight excluding hydrogens is 171 g/mol. The number of hydrazine groups is 1. The molecule has 0 aromatic carbocycles. The van der Waals surface area contributed by atoms with Crippen LogP contribution < -0.4 is 0 Å². The van der Waals surface area contributed by atoms with Crippen molar-refractivity contribution in [2.75, 3.05) is 21.1 Å². The largest absolute Gasteiger partial charge is 0.294 e. The minimum Gasteiger partial charge on any atom is -0.294 e. The summed E-state index contributed by atoms with van der Waals surface area (Å²) < 4.78 is 0.852. The second kappa shape index (κ2) is 4.45. The van der Waals surface area contributed by atoms with Gasteiger partial charge >= 0.3 is 0 Å². The highest BCUT2D eigenvalue weighted by Gasteiger charge is 2.02. The van der Waals surface area contributed by atoms with E-state index in [-0.39, 0.29) is 0 Å². The van der Waals surface area contributed by atoms with Crippen molar-refractivity contribution in [2.24, 2.45) is 0 Å². The predicted molar refractivity (Wildman–Crippen MR) is 51.3 cm³/mol. The van der Waals surface area contributed by atoms with E-state index in [1.807, 2.05) is 31.2 Å². The minimum absolute atomic E-state index is 0.852. The molecule has 5 heteroatoms. The molecule has 9 heavy (non-hydrogen) atoms. The first-order chi connectivity index (χ1) is 4.09. The first-order valence-electron chi connectivity index (χ1n) is 2.41. The zero-order valence-corrected chi connectivity index (χ0v) is 8.58. The van der Waals surface area contributed by atoms with Gasteiger partial charge in [0.05, 0.1) is 0 Å². The van der Waals surface area contributed by atoms with E-state index in [4.69, 9.17) is 12.2 Å². The normalized spacial score (nSPS) is 9.89. The highest BCUT2D eigenvalue weighted by Crippen LogP contribution is 2.15. The summed E-state index contributed by atoms with van der Waals surface area (Å²) in [6.07, 6.45) is 0. The molecule has 1 atom stereocenters. The maximum absolute atomic E-state index is 4.98. The summed E-state index contributed by atoms with van der Waals surface area (Å²) in [4.78, 5) is 0. The Labute approximate surface area is 67.9 Å². The van der Waals surface area contributed by atoms with Crippen molar-refractivity contribution in [3.05, 3.63) is 0 Å². The van der Waals surface area contributed by atoms with Gasteiger partial charge in [-0.2, -0.15) is 0 Å². The molecule has 1 unspecified atom stereocenters. The van der Waals surface area contributed by atoms with Gasteiger partial charge in [-0.25, -0.2) is 5.01 Å². The molecule has 2 nitrogen and oxygen atoms in total. The van der Waals surface area contributed by atoms with Gasteiger partial charge in [-0.05, 0) is 0 Å². The molecule has 0 aromatic rings. The number of thiocarbonyl (C=S) groups is 1. The second-order valence-corrected chi connectivity index (χ2v) is 3.73. The second-order valence-electron chi connectivity index (χ2n) is 1.75. The summed E-state index contributed by atoms with van der Waals surface area (Å²) in [6.45, 7) is 0. The molecule has 0 aliphatic heterocycles. The first-order valence-corrected chi connectivity index (χ1v) is 5.11. The van der Waals surface area contributed by atoms with Crippen LogP contribution in [0.4, 0.5) is 0 Å². The lowest BCUT2D eigenvalue weighted by atomic mass is 11.0. The summed E-state index contributed by atoms with van der Waals surface area (Å²) in [7, 11) is 8.35. The third-order valence-corrected chi connectivity index (χ3v) is 3.17. The van der Waals surface area contributed by atoms with Gasteiger partial charge in [0.25, 0.3) is 0 Å². The van der Waals surface area contributed by atoms with E-state index in [0.29, 0.717) is 0 Å². The van der Waals surface area contributed by atoms with Gasteiger partial charge in [-0.15, -0.1) is 0 Å². The van der Waals surface area contributed by atoms with E-state index in [2.05, 4.69) is 8.44 Å². The fourth-order valence-corrected chi connectivity index (χ4v) is 1.18. The lowest BCUT2D eigenvalue weighted by molar-refractivity contribution is 0.152. The summed E-state index contributed by atoms with van der Waals surface area (Å²) in [5.74, 6) is 0. The van der Waals surface area contributed by atoms with E-state index in [1.165, 1.54) is 11.4 Å². The average molecular weight is 182 g/mol. The molecule has 54 valence electrons. The Morgan fingerprint density at radius 1 is 1.44 bits per heavy atom. The zero-order chi connectivity index (χ0) is 7.44. The molecule has 0 spiro atoms. The Hall–Kier alpha value is 0.630. The van der Waals surface area contributed by atoms with Crippen LogP contribution in [0.2, 0.25) is 0 Å². The topological polar surface area (TPSA) is 6.48 Å². The third kappa shape index (κ3) is 3.36. The maximum Gasteiger partial charge on any atom is 0.154 e. The van der Waals surface area contributed by atoms with Crippen LogP contribution in [0.15, 0.2) is 0 Å². The van der Waals surface area contributed by atoms with Crippen LogP contribution >= 0.6 is 32.0 Å². The molecule has 0 radical (unpaired) electrons. The Bertz CT molecular complexity index is 107. The van der Waals surface area contributed by atoms with Crippen molar-refractivity contribution in [2.45, 2.75) is 0 Å². The van der Waals surface area contributed by atoms with Gasteiger partial charge in [0.1, 0.15) is 0 Å². The lowest BCUT2D eigenvalue weighted by Gasteiger charge is -2.25. The third-order valence-electron chi connectivity index (χ3n) is 0.965. The van der Waals surface area contributed by atoms with Crippen molar-refractivity contribution < 1.29 is 0 Å². The molecule has 0 bridgehead atoms. The van der Waals surface area contributed by atoms with E-state index in [9.17, 15) is 0 Å². The summed E-state index contributed by atoms with van der Waals surface area (Å²) >= 11 is 6.47. The maximum atomic E-state index is 4.98. The molecule has 0 aliphatic carbocycles. The molecular formula is C4H11N2PS2. The van der Waals surface area contributed by atoms with Crippen molar-refractivity contribution in [3.63, 3.8) is 0 Å². The first kappa shape index (κ1) is 9.63. The SMILES string of the molecule is CN(C)N(C)C(=S)SP. The van der Waals surface area contributed by atoms with Gasteiger partial charge < -0.3 is 0 Å². The Morgan fingerprint density at radius 2 is 1.89 bits per heavy atom. The Kier molecular flexibility index (Phi) is 4.76. The number of rotatable bonds is 1. The number of nitrogens with zero attached hydrogens (tertiary/aromatic N) is 2. The molecule has 0 saturated carbocycles. The van der Waals surface area contributed by atoms with Crippen molar-refractivity contribution in [1.82, 2.24) is 10.0 Å². The van der Waals surface area contributed by atoms with Crippen LogP contribution in [-0.4, -0.2) is 35.5 Å². The van der Waals surface area contributed by atoms with E-state index < -0.39 is 0 Å². The lowest BCUT2D eigenvalue weighted by Crippen LogP contribution is -2.35. The van der Waals surface area contributed by atoms with E-state index in [1.54, 1.807) is 0 Å². The van der Waals surface area contributed by atoms with Gasteiger partial charge in [-0.3, -0.25) is 5.01 Å². The summed E-state index contributed by atoms with van der Waals surface area (Å²) in [5, 5.41) is 3.83. The molecule has 0 amide bonds. The summed E-state index contributed by atoms with van der Waals surface area (Å²) in [5.41, 5.74) is 0. The average Bonchev–Trinajstić information content (AvgIpc) is 1.84. The fourth-order valence-electron chi connectivity index (χ4n) is 0.240. The van der Waals surface area contributed by atoms with Crippen LogP contribution in [0.5, 0.6) is 0 Å². The highest BCUT2D eigenvalue weighted by atomic mass is 32.7. The van der Waals surface area contributed by atoms with Gasteiger partial charge in [0.2, 0.25) is 0 Å². The molecule has 0 fully saturated rings. The Balaban J connectivity index is 3.72. The molecule has 0 N–H and O–H groups in total. The monoisotopic (exact) mass is 182 g/mol. The minimum atomic E-state index is 0.852. The standard InChI is InChI=1S/C4H11N2PS2/c1-5(2)6(3)4(8)9-7/h7H2,1-3H3. The molecule has 0 saturated heterocycles. The van der Waals surface area contributed by atoms with Crippen LogP contribution in [-0.2, 0) is 0 Å². The number of hydrogen-bond acceptors (Lipinski definition) is 3. The molecule has 0 heterocycles. The summed E-state index contributed by atoms with van der Waals surface area (Å²) in [6, 6.07) is 0. The van der Waals surface area contributed by atoms with E-state index in [0.717, 1.165) is 4.32 Å². The van der Waals surface area contributed by atoms with Crippen molar-refractivity contribution in [3.8, 4) is 0 Å². The Morgan fingerprint density at radius 3 is 2.00 bits per heavy atom. The van der Waals surface area contributed by atoms with Crippen LogP contribution in [0.1, 0.15) is 0 Å². The van der Waals surface area contributed by atoms with E-state index >= 15 is 0 Å². The fraction of sp³-hybridized carbons (Fsp3) is 0.750. The van der Waals surface area contributed by atoms with Gasteiger partial charge in [0, 0.05) is 21.1 Å². The molecule has 0 aromatic heterocycles. The predicted octanol–water partition coefficient (Wildman–Crippen LogP) is 1.20. The van der Waals surface area contributed by atoms with Crippen LogP contribution in [0.3, 0.4) is 0 Å². The zero-order valence-electron chi connectivity index (χ0n) is 5.79. The van der Waals surface area contributed by atoms with Crippen molar-refractivity contribution >= 4 is 36.4 Å². The highest BCUT2D eigenvalue weighted by molar-refractivity contribution is 8.55. The van der Waals surface area contributed by atoms with Gasteiger partial charge in [-0.1, -0.05) is 32.0 Å². The van der Waals surface area contributed by atoms with Crippen molar-refractivity contribution in [1.29, 1.82) is 0 Å². The smallest absolute Gasteiger partial charge is 0.154 e. The van der Waals surface area contributed by atoms with Crippen LogP contribution in [0, 0.1) is 0 Å². The van der Waals surface area contributed by atoms with Gasteiger partial charge in [0.15, 0.2) is 4.32 Å². The molecule has 0 aliphatic rings. The number of hydrogen-bond donors (Lipinski definition) is 0. The van der Waals surface area contributed by atoms with Crippen LogP contribution in [0.25, 0.3) is 0 Å². The quantitative estimate of drug-likeness (QED) is 0.341. The molecule has 0 rings (SSSR count).